The number of ether oxygens (including phenoxy) is 1. The average molecular weight is 398 g/mol. The van der Waals surface area contributed by atoms with Crippen molar-refractivity contribution in [3.05, 3.63) is 52.8 Å². The van der Waals surface area contributed by atoms with Gasteiger partial charge >= 0.3 is 5.97 Å². The minimum atomic E-state index is -0.482. The van der Waals surface area contributed by atoms with Crippen LogP contribution in [0.5, 0.6) is 0 Å². The summed E-state index contributed by atoms with van der Waals surface area (Å²) in [4.78, 5) is 38.9. The first-order valence-corrected chi connectivity index (χ1v) is 8.76. The van der Waals surface area contributed by atoms with Crippen LogP contribution in [0.2, 0.25) is 0 Å². The molecule has 1 saturated heterocycles. The Balaban J connectivity index is 1.94. The lowest BCUT2D eigenvalue weighted by Gasteiger charge is -2.31. The molecule has 144 valence electrons. The van der Waals surface area contributed by atoms with E-state index < -0.39 is 17.8 Å². The highest BCUT2D eigenvalue weighted by Crippen LogP contribution is 2.28. The summed E-state index contributed by atoms with van der Waals surface area (Å²) in [7, 11) is 4.36. The number of carbonyl (C=O) groups is 3. The van der Waals surface area contributed by atoms with Crippen LogP contribution in [0.25, 0.3) is 17.4 Å². The molecule has 2 amide bonds. The maximum absolute atomic E-state index is 12.4. The first-order valence-electron chi connectivity index (χ1n) is 8.35. The third-order valence-electron chi connectivity index (χ3n) is 4.47. The Bertz CT molecular complexity index is 1010. The summed E-state index contributed by atoms with van der Waals surface area (Å²) in [6, 6.07) is 8.52. The lowest BCUT2D eigenvalue weighted by Crippen LogP contribution is -2.52. The smallest absolute Gasteiger partial charge is 0.337 e. The number of hydrogen-bond acceptors (Lipinski definition) is 6. The fourth-order valence-electron chi connectivity index (χ4n) is 2.88. The van der Waals surface area contributed by atoms with Crippen LogP contribution in [0.3, 0.4) is 0 Å². The summed E-state index contributed by atoms with van der Waals surface area (Å²) in [5, 5.41) is 0.147. The van der Waals surface area contributed by atoms with Gasteiger partial charge in [-0.2, -0.15) is 0 Å². The Kier molecular flexibility index (Phi) is 5.15. The molecule has 8 heteroatoms. The standard InChI is InChI=1S/C20H18N2O5S/c1-11-9-12(19(25)26-4)5-7-14(11)16-8-6-13(27-16)10-15-17(23)21(2)20(28)22(3)18(15)24/h5-10H,1-4H3. The Morgan fingerprint density at radius 2 is 1.75 bits per heavy atom. The lowest BCUT2D eigenvalue weighted by molar-refractivity contribution is -0.132. The number of methoxy groups -OCH3 is 1. The van der Waals surface area contributed by atoms with Crippen molar-refractivity contribution >= 4 is 41.2 Å². The zero-order chi connectivity index (χ0) is 20.6. The Morgan fingerprint density at radius 1 is 1.11 bits per heavy atom. The van der Waals surface area contributed by atoms with Crippen LogP contribution < -0.4 is 0 Å². The van der Waals surface area contributed by atoms with E-state index in [4.69, 9.17) is 21.4 Å². The molecule has 0 spiro atoms. The van der Waals surface area contributed by atoms with Gasteiger partial charge in [0.05, 0.1) is 12.7 Å². The van der Waals surface area contributed by atoms with Crippen LogP contribution in [-0.4, -0.2) is 53.9 Å². The van der Waals surface area contributed by atoms with E-state index >= 15 is 0 Å². The van der Waals surface area contributed by atoms with Gasteiger partial charge in [-0.1, -0.05) is 6.07 Å². The molecule has 3 rings (SSSR count). The van der Waals surface area contributed by atoms with Gasteiger partial charge in [0.25, 0.3) is 11.8 Å². The maximum atomic E-state index is 12.4. The SMILES string of the molecule is COC(=O)c1ccc(-c2ccc(C=C3C(=O)N(C)C(=S)N(C)C3=O)o2)c(C)c1. The predicted octanol–water partition coefficient (Wildman–Crippen LogP) is 2.64. The summed E-state index contributed by atoms with van der Waals surface area (Å²) in [6.07, 6.45) is 1.40. The van der Waals surface area contributed by atoms with Crippen LogP contribution in [0, 0.1) is 6.92 Å². The van der Waals surface area contributed by atoms with E-state index in [9.17, 15) is 14.4 Å². The van der Waals surface area contributed by atoms with Gasteiger partial charge in [0.15, 0.2) is 5.11 Å². The minimum absolute atomic E-state index is 0.0303. The summed E-state index contributed by atoms with van der Waals surface area (Å²) in [6.45, 7) is 1.85. The largest absolute Gasteiger partial charge is 0.465 e. The van der Waals surface area contributed by atoms with Crippen LogP contribution in [0.1, 0.15) is 21.7 Å². The molecule has 1 aromatic carbocycles. The van der Waals surface area contributed by atoms with Crippen molar-refractivity contribution in [2.24, 2.45) is 0 Å². The van der Waals surface area contributed by atoms with Gasteiger partial charge in [0.1, 0.15) is 17.1 Å². The molecule has 1 aliphatic rings. The summed E-state index contributed by atoms with van der Waals surface area (Å²) >= 11 is 5.07. The van der Waals surface area contributed by atoms with Gasteiger partial charge in [-0.3, -0.25) is 19.4 Å². The van der Waals surface area contributed by atoms with E-state index in [2.05, 4.69) is 0 Å². The topological polar surface area (TPSA) is 80.1 Å². The number of carbonyl (C=O) groups excluding carboxylic acids is 3. The molecule has 0 aliphatic carbocycles. The van der Waals surface area contributed by atoms with Crippen LogP contribution in [0.4, 0.5) is 0 Å². The van der Waals surface area contributed by atoms with Gasteiger partial charge in [-0.25, -0.2) is 4.79 Å². The molecular formula is C20H18N2O5S. The lowest BCUT2D eigenvalue weighted by atomic mass is 10.0. The first kappa shape index (κ1) is 19.5. The van der Waals surface area contributed by atoms with E-state index in [1.54, 1.807) is 30.3 Å². The van der Waals surface area contributed by atoms with Crippen molar-refractivity contribution in [2.45, 2.75) is 6.92 Å². The predicted molar refractivity (Wildman–Crippen MR) is 106 cm³/mol. The second-order valence-electron chi connectivity index (χ2n) is 6.29. The normalized spacial score (nSPS) is 14.6. The monoisotopic (exact) mass is 398 g/mol. The van der Waals surface area contributed by atoms with Crippen molar-refractivity contribution in [3.8, 4) is 11.3 Å². The van der Waals surface area contributed by atoms with E-state index in [0.717, 1.165) is 11.1 Å². The number of aryl methyl sites for hydroxylation is 1. The van der Waals surface area contributed by atoms with Gasteiger partial charge in [0, 0.05) is 19.7 Å². The zero-order valence-electron chi connectivity index (χ0n) is 15.8. The summed E-state index contributed by atoms with van der Waals surface area (Å²) in [5.74, 6) is -0.471. The molecule has 2 aromatic rings. The fourth-order valence-corrected chi connectivity index (χ4v) is 3.04. The van der Waals surface area contributed by atoms with Crippen molar-refractivity contribution < 1.29 is 23.5 Å². The average Bonchev–Trinajstić information content (AvgIpc) is 3.15. The zero-order valence-corrected chi connectivity index (χ0v) is 16.6. The van der Waals surface area contributed by atoms with Crippen LogP contribution in [0.15, 0.2) is 40.3 Å². The van der Waals surface area contributed by atoms with Crippen molar-refractivity contribution in [3.63, 3.8) is 0 Å². The molecule has 28 heavy (non-hydrogen) atoms. The van der Waals surface area contributed by atoms with Gasteiger partial charge in [0.2, 0.25) is 0 Å². The maximum Gasteiger partial charge on any atom is 0.337 e. The van der Waals surface area contributed by atoms with Gasteiger partial charge in [-0.05, 0) is 55.0 Å². The third kappa shape index (κ3) is 3.34. The van der Waals surface area contributed by atoms with Crippen LogP contribution >= 0.6 is 12.2 Å². The number of esters is 1. The van der Waals surface area contributed by atoms with Crippen LogP contribution in [-0.2, 0) is 14.3 Å². The van der Waals surface area contributed by atoms with Gasteiger partial charge < -0.3 is 9.15 Å². The molecule has 0 radical (unpaired) electrons. The Hall–Kier alpha value is -3.26. The summed E-state index contributed by atoms with van der Waals surface area (Å²) in [5.41, 5.74) is 2.02. The number of likely N-dealkylation sites (N-methyl/N-ethyl adjacent to an activating group) is 2. The Labute approximate surface area is 167 Å². The molecule has 0 saturated carbocycles. The van der Waals surface area contributed by atoms with E-state index in [1.807, 2.05) is 6.92 Å². The quantitative estimate of drug-likeness (QED) is 0.342. The highest BCUT2D eigenvalue weighted by Gasteiger charge is 2.35. The highest BCUT2D eigenvalue weighted by atomic mass is 32.1. The first-order chi connectivity index (χ1) is 13.2. The third-order valence-corrected chi connectivity index (χ3v) is 5.02. The Morgan fingerprint density at radius 3 is 2.32 bits per heavy atom. The number of rotatable bonds is 3. The molecular weight excluding hydrogens is 380 g/mol. The van der Waals surface area contributed by atoms with Crippen molar-refractivity contribution in [2.75, 3.05) is 21.2 Å². The number of benzene rings is 1. The molecule has 7 nitrogen and oxygen atoms in total. The number of furan rings is 1. The second-order valence-corrected chi connectivity index (χ2v) is 6.66. The van der Waals surface area contributed by atoms with E-state index in [-0.39, 0.29) is 10.7 Å². The van der Waals surface area contributed by atoms with Gasteiger partial charge in [-0.15, -0.1) is 0 Å². The fraction of sp³-hybridized carbons (Fsp3) is 0.200. The van der Waals surface area contributed by atoms with Crippen molar-refractivity contribution in [1.29, 1.82) is 0 Å². The van der Waals surface area contributed by atoms with E-state index in [1.165, 1.54) is 37.1 Å². The summed E-state index contributed by atoms with van der Waals surface area (Å²) < 4.78 is 10.5. The molecule has 0 bridgehead atoms. The molecule has 1 aliphatic heterocycles. The molecule has 1 fully saturated rings. The molecule has 0 N–H and O–H groups in total. The van der Waals surface area contributed by atoms with E-state index in [0.29, 0.717) is 17.1 Å². The number of amides is 2. The molecule has 0 unspecified atom stereocenters. The number of nitrogens with zero attached hydrogens (tertiary/aromatic N) is 2. The molecule has 2 heterocycles. The highest BCUT2D eigenvalue weighted by molar-refractivity contribution is 7.80. The molecule has 1 aromatic heterocycles. The minimum Gasteiger partial charge on any atom is -0.465 e. The number of thiocarbonyl (C=S) groups is 1. The molecule has 0 atom stereocenters. The second kappa shape index (κ2) is 7.40. The van der Waals surface area contributed by atoms with Crippen molar-refractivity contribution in [1.82, 2.24) is 9.80 Å². The number of hydrogen-bond donors (Lipinski definition) is 0.